The predicted molar refractivity (Wildman–Crippen MR) is 105 cm³/mol. The third-order valence-corrected chi connectivity index (χ3v) is 4.75. The first-order valence-electron chi connectivity index (χ1n) is 9.38. The van der Waals surface area contributed by atoms with Crippen LogP contribution in [-0.4, -0.2) is 29.9 Å². The summed E-state index contributed by atoms with van der Waals surface area (Å²) in [5, 5.41) is 7.75. The van der Waals surface area contributed by atoms with E-state index in [-0.39, 0.29) is 17.7 Å². The second-order valence-electron chi connectivity index (χ2n) is 7.07. The molecule has 1 heterocycles. The van der Waals surface area contributed by atoms with Crippen molar-refractivity contribution in [2.24, 2.45) is 11.8 Å². The quantitative estimate of drug-likeness (QED) is 0.723. The SMILES string of the molecule is CCC(C)CCC(=O)NCC(C)CNC(=O)c1cccc2ccncc12. The minimum Gasteiger partial charge on any atom is -0.356 e. The van der Waals surface area contributed by atoms with Gasteiger partial charge in [0.1, 0.15) is 0 Å². The van der Waals surface area contributed by atoms with Gasteiger partial charge >= 0.3 is 0 Å². The number of pyridine rings is 1. The Labute approximate surface area is 155 Å². The summed E-state index contributed by atoms with van der Waals surface area (Å²) in [6.07, 6.45) is 6.01. The molecule has 1 aromatic carbocycles. The van der Waals surface area contributed by atoms with Crippen molar-refractivity contribution in [3.63, 3.8) is 0 Å². The molecule has 0 spiro atoms. The van der Waals surface area contributed by atoms with Crippen LogP contribution in [0.25, 0.3) is 10.8 Å². The van der Waals surface area contributed by atoms with Crippen molar-refractivity contribution in [1.29, 1.82) is 0 Å². The summed E-state index contributed by atoms with van der Waals surface area (Å²) in [7, 11) is 0. The zero-order chi connectivity index (χ0) is 18.9. The molecule has 2 rings (SSSR count). The zero-order valence-corrected chi connectivity index (χ0v) is 15.9. The van der Waals surface area contributed by atoms with Crippen molar-refractivity contribution in [1.82, 2.24) is 15.6 Å². The number of benzene rings is 1. The molecule has 2 aromatic rings. The Morgan fingerprint density at radius 1 is 1.08 bits per heavy atom. The van der Waals surface area contributed by atoms with Crippen LogP contribution in [0.3, 0.4) is 0 Å². The van der Waals surface area contributed by atoms with Gasteiger partial charge in [0.15, 0.2) is 0 Å². The molecule has 0 radical (unpaired) electrons. The predicted octanol–water partition coefficient (Wildman–Crippen LogP) is 3.54. The molecule has 0 aliphatic carbocycles. The maximum absolute atomic E-state index is 12.5. The molecule has 0 fully saturated rings. The highest BCUT2D eigenvalue weighted by molar-refractivity contribution is 6.06. The molecule has 0 saturated carbocycles. The molecule has 2 N–H and O–H groups in total. The number of aromatic nitrogens is 1. The van der Waals surface area contributed by atoms with E-state index in [1.165, 1.54) is 0 Å². The topological polar surface area (TPSA) is 71.1 Å². The van der Waals surface area contributed by atoms with Gasteiger partial charge in [-0.1, -0.05) is 39.3 Å². The molecule has 0 bridgehead atoms. The van der Waals surface area contributed by atoms with Crippen molar-refractivity contribution in [3.05, 3.63) is 42.2 Å². The van der Waals surface area contributed by atoms with Crippen molar-refractivity contribution < 1.29 is 9.59 Å². The second-order valence-corrected chi connectivity index (χ2v) is 7.07. The van der Waals surface area contributed by atoms with Crippen LogP contribution < -0.4 is 10.6 Å². The van der Waals surface area contributed by atoms with E-state index in [1.54, 1.807) is 18.5 Å². The van der Waals surface area contributed by atoms with Gasteiger partial charge in [-0.2, -0.15) is 0 Å². The van der Waals surface area contributed by atoms with E-state index in [9.17, 15) is 9.59 Å². The van der Waals surface area contributed by atoms with Gasteiger partial charge < -0.3 is 10.6 Å². The average Bonchev–Trinajstić information content (AvgIpc) is 2.67. The third-order valence-electron chi connectivity index (χ3n) is 4.75. The van der Waals surface area contributed by atoms with Gasteiger partial charge in [-0.25, -0.2) is 0 Å². The molecule has 5 heteroatoms. The number of nitrogens with one attached hydrogen (secondary N) is 2. The monoisotopic (exact) mass is 355 g/mol. The summed E-state index contributed by atoms with van der Waals surface area (Å²) < 4.78 is 0. The lowest BCUT2D eigenvalue weighted by Crippen LogP contribution is -2.35. The van der Waals surface area contributed by atoms with Gasteiger partial charge in [-0.3, -0.25) is 14.6 Å². The Bertz CT molecular complexity index is 740. The highest BCUT2D eigenvalue weighted by Gasteiger charge is 2.12. The molecule has 26 heavy (non-hydrogen) atoms. The number of carbonyl (C=O) groups excluding carboxylic acids is 2. The van der Waals surface area contributed by atoms with E-state index in [1.807, 2.05) is 25.1 Å². The molecule has 0 saturated heterocycles. The second kappa shape index (κ2) is 9.90. The number of hydrogen-bond acceptors (Lipinski definition) is 3. The number of carbonyl (C=O) groups is 2. The summed E-state index contributed by atoms with van der Waals surface area (Å²) in [5.41, 5.74) is 0.625. The van der Waals surface area contributed by atoms with E-state index in [4.69, 9.17) is 0 Å². The van der Waals surface area contributed by atoms with Gasteiger partial charge in [-0.05, 0) is 35.8 Å². The van der Waals surface area contributed by atoms with Crippen LogP contribution in [0.1, 0.15) is 50.4 Å². The average molecular weight is 355 g/mol. The van der Waals surface area contributed by atoms with E-state index >= 15 is 0 Å². The first-order chi connectivity index (χ1) is 12.5. The molecule has 2 unspecified atom stereocenters. The Hall–Kier alpha value is -2.43. The lowest BCUT2D eigenvalue weighted by Gasteiger charge is -2.15. The number of nitrogens with zero attached hydrogens (tertiary/aromatic N) is 1. The summed E-state index contributed by atoms with van der Waals surface area (Å²) in [6.45, 7) is 7.39. The van der Waals surface area contributed by atoms with Crippen LogP contribution in [0, 0.1) is 11.8 Å². The minimum atomic E-state index is -0.112. The lowest BCUT2D eigenvalue weighted by molar-refractivity contribution is -0.121. The first-order valence-corrected chi connectivity index (χ1v) is 9.38. The number of hydrogen-bond donors (Lipinski definition) is 2. The van der Waals surface area contributed by atoms with Gasteiger partial charge in [0.2, 0.25) is 5.91 Å². The Morgan fingerprint density at radius 3 is 2.62 bits per heavy atom. The van der Waals surface area contributed by atoms with Crippen molar-refractivity contribution in [2.45, 2.75) is 40.0 Å². The van der Waals surface area contributed by atoms with Crippen molar-refractivity contribution in [3.8, 4) is 0 Å². The Balaban J connectivity index is 1.79. The van der Waals surface area contributed by atoms with E-state index < -0.39 is 0 Å². The van der Waals surface area contributed by atoms with Crippen LogP contribution in [-0.2, 0) is 4.79 Å². The van der Waals surface area contributed by atoms with Gasteiger partial charge in [0.25, 0.3) is 5.91 Å². The highest BCUT2D eigenvalue weighted by atomic mass is 16.2. The molecule has 0 aliphatic heterocycles. The van der Waals surface area contributed by atoms with E-state index in [2.05, 4.69) is 29.5 Å². The maximum Gasteiger partial charge on any atom is 0.251 e. The summed E-state index contributed by atoms with van der Waals surface area (Å²) >= 11 is 0. The summed E-state index contributed by atoms with van der Waals surface area (Å²) in [5.74, 6) is 0.717. The molecule has 1 aromatic heterocycles. The zero-order valence-electron chi connectivity index (χ0n) is 15.9. The number of fused-ring (bicyclic) bond motifs is 1. The molecule has 5 nitrogen and oxygen atoms in total. The fraction of sp³-hybridized carbons (Fsp3) is 0.476. The Kier molecular flexibility index (Phi) is 7.57. The number of amides is 2. The van der Waals surface area contributed by atoms with Gasteiger partial charge in [0, 0.05) is 42.9 Å². The highest BCUT2D eigenvalue weighted by Crippen LogP contribution is 2.17. The fourth-order valence-electron chi connectivity index (χ4n) is 2.70. The van der Waals surface area contributed by atoms with Crippen LogP contribution in [0.5, 0.6) is 0 Å². The van der Waals surface area contributed by atoms with Crippen LogP contribution >= 0.6 is 0 Å². The molecule has 2 atom stereocenters. The molecule has 2 amide bonds. The fourth-order valence-corrected chi connectivity index (χ4v) is 2.70. The summed E-state index contributed by atoms with van der Waals surface area (Å²) in [6, 6.07) is 7.54. The van der Waals surface area contributed by atoms with Gasteiger partial charge in [-0.15, -0.1) is 0 Å². The lowest BCUT2D eigenvalue weighted by atomic mass is 10.0. The van der Waals surface area contributed by atoms with Gasteiger partial charge in [0.05, 0.1) is 0 Å². The summed E-state index contributed by atoms with van der Waals surface area (Å²) in [4.78, 5) is 28.5. The molecule has 140 valence electrons. The van der Waals surface area contributed by atoms with Crippen LogP contribution in [0.4, 0.5) is 0 Å². The van der Waals surface area contributed by atoms with Crippen molar-refractivity contribution in [2.75, 3.05) is 13.1 Å². The third kappa shape index (κ3) is 5.83. The maximum atomic E-state index is 12.5. The van der Waals surface area contributed by atoms with Crippen LogP contribution in [0.2, 0.25) is 0 Å². The first kappa shape index (κ1) is 19.9. The minimum absolute atomic E-state index is 0.0867. The molecular formula is C21H29N3O2. The molecular weight excluding hydrogens is 326 g/mol. The van der Waals surface area contributed by atoms with E-state index in [0.29, 0.717) is 31.0 Å². The Morgan fingerprint density at radius 2 is 1.85 bits per heavy atom. The standard InChI is InChI=1S/C21H29N3O2/c1-4-15(2)8-9-20(25)23-12-16(3)13-24-21(26)18-7-5-6-17-10-11-22-14-19(17)18/h5-7,10-11,14-16H,4,8-9,12-13H2,1-3H3,(H,23,25)(H,24,26). The normalized spacial score (nSPS) is 13.2. The van der Waals surface area contributed by atoms with E-state index in [0.717, 1.165) is 23.6 Å². The molecule has 0 aliphatic rings. The van der Waals surface area contributed by atoms with Crippen LogP contribution in [0.15, 0.2) is 36.7 Å². The smallest absolute Gasteiger partial charge is 0.251 e. The van der Waals surface area contributed by atoms with Crippen molar-refractivity contribution >= 4 is 22.6 Å². The largest absolute Gasteiger partial charge is 0.356 e. The number of rotatable bonds is 9.